The van der Waals surface area contributed by atoms with E-state index in [0.29, 0.717) is 13.2 Å². The number of ether oxygens (including phenoxy) is 1. The van der Waals surface area contributed by atoms with Crippen molar-refractivity contribution in [3.63, 3.8) is 0 Å². The van der Waals surface area contributed by atoms with Gasteiger partial charge in [-0.15, -0.1) is 11.3 Å². The summed E-state index contributed by atoms with van der Waals surface area (Å²) in [6.45, 7) is 6.44. The van der Waals surface area contributed by atoms with Gasteiger partial charge in [-0.1, -0.05) is 0 Å². The monoisotopic (exact) mass is 266 g/mol. The normalized spacial score (nSPS) is 11.1. The van der Waals surface area contributed by atoms with E-state index in [2.05, 4.69) is 30.2 Å². The van der Waals surface area contributed by atoms with Gasteiger partial charge in [0, 0.05) is 25.1 Å². The van der Waals surface area contributed by atoms with Crippen molar-refractivity contribution in [2.24, 2.45) is 0 Å². The van der Waals surface area contributed by atoms with Crippen LogP contribution in [0.1, 0.15) is 16.1 Å². The highest BCUT2D eigenvalue weighted by Crippen LogP contribution is 2.32. The van der Waals surface area contributed by atoms with Crippen LogP contribution in [0, 0.1) is 13.8 Å². The Morgan fingerprint density at radius 2 is 2.28 bits per heavy atom. The van der Waals surface area contributed by atoms with Crippen molar-refractivity contribution >= 4 is 11.3 Å². The second-order valence-electron chi connectivity index (χ2n) is 4.15. The SMILES string of the molecule is COCCNCc1ncoc1-c1cc(C)c(C)s1. The van der Waals surface area contributed by atoms with Crippen molar-refractivity contribution in [3.8, 4) is 10.6 Å². The lowest BCUT2D eigenvalue weighted by atomic mass is 10.2. The molecule has 18 heavy (non-hydrogen) atoms. The minimum Gasteiger partial charge on any atom is -0.442 e. The number of thiophene rings is 1. The molecular formula is C13H18N2O2S. The van der Waals surface area contributed by atoms with Crippen molar-refractivity contribution in [3.05, 3.63) is 28.6 Å². The predicted octanol–water partition coefficient (Wildman–Crippen LogP) is 2.76. The molecule has 0 aliphatic rings. The molecule has 0 radical (unpaired) electrons. The largest absolute Gasteiger partial charge is 0.442 e. The van der Waals surface area contributed by atoms with Gasteiger partial charge in [-0.25, -0.2) is 4.98 Å². The van der Waals surface area contributed by atoms with Gasteiger partial charge in [-0.3, -0.25) is 0 Å². The fraction of sp³-hybridized carbons (Fsp3) is 0.462. The number of aromatic nitrogens is 1. The van der Waals surface area contributed by atoms with E-state index in [0.717, 1.165) is 22.9 Å². The number of hydrogen-bond acceptors (Lipinski definition) is 5. The Morgan fingerprint density at radius 3 is 2.94 bits per heavy atom. The Morgan fingerprint density at radius 1 is 1.44 bits per heavy atom. The topological polar surface area (TPSA) is 47.3 Å². The van der Waals surface area contributed by atoms with Crippen LogP contribution in [0.3, 0.4) is 0 Å². The molecule has 4 nitrogen and oxygen atoms in total. The molecule has 0 aliphatic heterocycles. The van der Waals surface area contributed by atoms with E-state index in [1.165, 1.54) is 16.8 Å². The van der Waals surface area contributed by atoms with Gasteiger partial charge in [-0.05, 0) is 25.5 Å². The number of nitrogens with one attached hydrogen (secondary N) is 1. The first-order valence-electron chi connectivity index (χ1n) is 5.91. The van der Waals surface area contributed by atoms with Crippen molar-refractivity contribution in [1.82, 2.24) is 10.3 Å². The van der Waals surface area contributed by atoms with Crippen molar-refractivity contribution in [2.75, 3.05) is 20.3 Å². The first-order valence-corrected chi connectivity index (χ1v) is 6.73. The third kappa shape index (κ3) is 2.98. The second-order valence-corrected chi connectivity index (χ2v) is 5.40. The lowest BCUT2D eigenvalue weighted by Crippen LogP contribution is -2.19. The summed E-state index contributed by atoms with van der Waals surface area (Å²) >= 11 is 1.74. The first kappa shape index (κ1) is 13.3. The van der Waals surface area contributed by atoms with Gasteiger partial charge < -0.3 is 14.5 Å². The number of nitrogens with zero attached hydrogens (tertiary/aromatic N) is 1. The number of oxazole rings is 1. The molecule has 0 fully saturated rings. The third-order valence-electron chi connectivity index (χ3n) is 2.81. The zero-order chi connectivity index (χ0) is 13.0. The molecule has 98 valence electrons. The summed E-state index contributed by atoms with van der Waals surface area (Å²) in [5.74, 6) is 0.876. The van der Waals surface area contributed by atoms with Crippen LogP contribution in [-0.4, -0.2) is 25.2 Å². The number of hydrogen-bond donors (Lipinski definition) is 1. The van der Waals surface area contributed by atoms with Crippen LogP contribution in [0.15, 0.2) is 16.9 Å². The molecule has 0 unspecified atom stereocenters. The van der Waals surface area contributed by atoms with Crippen LogP contribution in [0.4, 0.5) is 0 Å². The maximum Gasteiger partial charge on any atom is 0.181 e. The van der Waals surface area contributed by atoms with E-state index in [1.807, 2.05) is 0 Å². The maximum atomic E-state index is 5.50. The standard InChI is InChI=1S/C13H18N2O2S/c1-9-6-12(18-10(9)2)13-11(15-8-17-13)7-14-4-5-16-3/h6,8,14H,4-5,7H2,1-3H3. The molecule has 0 amide bonds. The molecule has 5 heteroatoms. The lowest BCUT2D eigenvalue weighted by Gasteiger charge is -2.02. The van der Waals surface area contributed by atoms with E-state index in [4.69, 9.17) is 9.15 Å². The molecule has 1 N–H and O–H groups in total. The van der Waals surface area contributed by atoms with Crippen LogP contribution in [0.2, 0.25) is 0 Å². The number of aryl methyl sites for hydroxylation is 2. The van der Waals surface area contributed by atoms with Gasteiger partial charge in [0.25, 0.3) is 0 Å². The molecule has 0 bridgehead atoms. The molecule has 0 aromatic carbocycles. The Balaban J connectivity index is 2.07. The van der Waals surface area contributed by atoms with E-state index >= 15 is 0 Å². The second kappa shape index (κ2) is 6.13. The summed E-state index contributed by atoms with van der Waals surface area (Å²) in [7, 11) is 1.69. The summed E-state index contributed by atoms with van der Waals surface area (Å²) in [5.41, 5.74) is 2.25. The van der Waals surface area contributed by atoms with Gasteiger partial charge in [-0.2, -0.15) is 0 Å². The summed E-state index contributed by atoms with van der Waals surface area (Å²) in [4.78, 5) is 6.73. The minimum atomic E-state index is 0.699. The molecule has 0 aliphatic carbocycles. The average Bonchev–Trinajstić information content (AvgIpc) is 2.93. The molecule has 2 aromatic heterocycles. The lowest BCUT2D eigenvalue weighted by molar-refractivity contribution is 0.199. The summed E-state index contributed by atoms with van der Waals surface area (Å²) in [5, 5.41) is 3.28. The highest BCUT2D eigenvalue weighted by atomic mass is 32.1. The fourth-order valence-electron chi connectivity index (χ4n) is 1.66. The van der Waals surface area contributed by atoms with E-state index in [-0.39, 0.29) is 0 Å². The van der Waals surface area contributed by atoms with E-state index in [9.17, 15) is 0 Å². The maximum absolute atomic E-state index is 5.50. The molecule has 0 saturated heterocycles. The summed E-state index contributed by atoms with van der Waals surface area (Å²) < 4.78 is 10.5. The van der Waals surface area contributed by atoms with Gasteiger partial charge in [0.15, 0.2) is 12.2 Å². The zero-order valence-corrected chi connectivity index (χ0v) is 11.8. The zero-order valence-electron chi connectivity index (χ0n) is 10.9. The van der Waals surface area contributed by atoms with Crippen LogP contribution in [-0.2, 0) is 11.3 Å². The van der Waals surface area contributed by atoms with Crippen molar-refractivity contribution < 1.29 is 9.15 Å². The third-order valence-corrected chi connectivity index (χ3v) is 3.96. The molecular weight excluding hydrogens is 248 g/mol. The van der Waals surface area contributed by atoms with Gasteiger partial charge in [0.1, 0.15) is 5.69 Å². The molecule has 0 atom stereocenters. The molecule has 2 rings (SSSR count). The smallest absolute Gasteiger partial charge is 0.181 e. The molecule has 2 aromatic rings. The fourth-order valence-corrected chi connectivity index (χ4v) is 2.71. The average molecular weight is 266 g/mol. The quantitative estimate of drug-likeness (QED) is 0.817. The molecule has 0 spiro atoms. The van der Waals surface area contributed by atoms with Crippen molar-refractivity contribution in [1.29, 1.82) is 0 Å². The Hall–Kier alpha value is -1.17. The highest BCUT2D eigenvalue weighted by Gasteiger charge is 2.13. The van der Waals surface area contributed by atoms with Crippen LogP contribution in [0.25, 0.3) is 10.6 Å². The Labute approximate surface area is 111 Å². The summed E-state index contributed by atoms with van der Waals surface area (Å²) in [6.07, 6.45) is 1.51. The van der Waals surface area contributed by atoms with Gasteiger partial charge in [0.2, 0.25) is 0 Å². The van der Waals surface area contributed by atoms with Crippen molar-refractivity contribution in [2.45, 2.75) is 20.4 Å². The van der Waals surface area contributed by atoms with Crippen LogP contribution >= 0.6 is 11.3 Å². The van der Waals surface area contributed by atoms with Gasteiger partial charge >= 0.3 is 0 Å². The number of rotatable bonds is 6. The predicted molar refractivity (Wildman–Crippen MR) is 72.9 cm³/mol. The summed E-state index contributed by atoms with van der Waals surface area (Å²) in [6, 6.07) is 2.15. The molecule has 2 heterocycles. The van der Waals surface area contributed by atoms with E-state index < -0.39 is 0 Å². The van der Waals surface area contributed by atoms with Crippen LogP contribution in [0.5, 0.6) is 0 Å². The Bertz CT molecular complexity index is 485. The number of methoxy groups -OCH3 is 1. The molecule has 0 saturated carbocycles. The highest BCUT2D eigenvalue weighted by molar-refractivity contribution is 7.15. The van der Waals surface area contributed by atoms with Gasteiger partial charge in [0.05, 0.1) is 11.5 Å². The minimum absolute atomic E-state index is 0.699. The first-order chi connectivity index (χ1) is 8.72. The van der Waals surface area contributed by atoms with Crippen LogP contribution < -0.4 is 5.32 Å². The Kier molecular flexibility index (Phi) is 4.52. The van der Waals surface area contributed by atoms with E-state index in [1.54, 1.807) is 18.4 Å².